The lowest BCUT2D eigenvalue weighted by Crippen LogP contribution is -2.19. The molecule has 2 amide bonds. The van der Waals surface area contributed by atoms with E-state index in [-0.39, 0.29) is 17.9 Å². The Kier molecular flexibility index (Phi) is 9.02. The van der Waals surface area contributed by atoms with Crippen molar-refractivity contribution < 1.29 is 19.1 Å². The van der Waals surface area contributed by atoms with Crippen molar-refractivity contribution in [1.82, 2.24) is 4.98 Å². The molecule has 0 bridgehead atoms. The van der Waals surface area contributed by atoms with Gasteiger partial charge in [0, 0.05) is 35.5 Å². The average Bonchev–Trinajstić information content (AvgIpc) is 3.42. The van der Waals surface area contributed by atoms with Crippen LogP contribution in [0.1, 0.15) is 38.8 Å². The number of carbonyl (C=O) groups is 2. The van der Waals surface area contributed by atoms with Gasteiger partial charge in [-0.2, -0.15) is 0 Å². The second-order valence-electron chi connectivity index (χ2n) is 8.56. The number of aromatic nitrogens is 1. The third-order valence-electron chi connectivity index (χ3n) is 5.57. The van der Waals surface area contributed by atoms with Gasteiger partial charge in [0.1, 0.15) is 11.9 Å². The molecule has 0 saturated heterocycles. The van der Waals surface area contributed by atoms with Crippen molar-refractivity contribution >= 4 is 34.0 Å². The van der Waals surface area contributed by atoms with Gasteiger partial charge in [-0.25, -0.2) is 4.98 Å². The first kappa shape index (κ1) is 26.1. The van der Waals surface area contributed by atoms with Crippen LogP contribution in [0.25, 0.3) is 0 Å². The quantitative estimate of drug-likeness (QED) is 0.262. The predicted molar refractivity (Wildman–Crippen MR) is 147 cm³/mol. The maximum absolute atomic E-state index is 12.9. The van der Waals surface area contributed by atoms with Gasteiger partial charge in [0.05, 0.1) is 6.61 Å². The van der Waals surface area contributed by atoms with E-state index in [4.69, 9.17) is 9.47 Å². The lowest BCUT2D eigenvalue weighted by atomic mass is 10.0. The van der Waals surface area contributed by atoms with E-state index in [1.807, 2.05) is 66.9 Å². The number of methoxy groups -OCH3 is 1. The first-order chi connectivity index (χ1) is 18.0. The second kappa shape index (κ2) is 12.8. The number of hydrogen-bond donors (Lipinski definition) is 2. The van der Waals surface area contributed by atoms with E-state index >= 15 is 0 Å². The predicted octanol–water partition coefficient (Wildman–Crippen LogP) is 5.85. The summed E-state index contributed by atoms with van der Waals surface area (Å²) in [5.41, 5.74) is 3.95. The summed E-state index contributed by atoms with van der Waals surface area (Å²) < 4.78 is 11.2. The standard InChI is InChI=1S/C29H29N3O4S/c1-20(19-35-2)36-26-17-22(16-24(18-26)28(34)32-29-30-14-15-37-29)9-8-21-10-12-25(13-11-21)31-27(33)23-6-4-3-5-7-23/h3-7,10-18,20H,8-9,19H2,1-2H3,(H,31,33)(H,30,32,34)/t20-/m0/s1. The molecule has 0 fully saturated rings. The summed E-state index contributed by atoms with van der Waals surface area (Å²) in [5.74, 6) is 0.237. The Labute approximate surface area is 220 Å². The maximum Gasteiger partial charge on any atom is 0.257 e. The molecule has 0 spiro atoms. The maximum atomic E-state index is 12.9. The van der Waals surface area contributed by atoms with Gasteiger partial charge in [0.15, 0.2) is 5.13 Å². The molecular formula is C29H29N3O4S. The summed E-state index contributed by atoms with van der Waals surface area (Å²) in [6.07, 6.45) is 2.96. The molecule has 37 heavy (non-hydrogen) atoms. The van der Waals surface area contributed by atoms with Gasteiger partial charge in [0.25, 0.3) is 11.8 Å². The van der Waals surface area contributed by atoms with E-state index in [2.05, 4.69) is 15.6 Å². The lowest BCUT2D eigenvalue weighted by Gasteiger charge is -2.16. The van der Waals surface area contributed by atoms with Crippen molar-refractivity contribution in [2.45, 2.75) is 25.9 Å². The van der Waals surface area contributed by atoms with Crippen LogP contribution >= 0.6 is 11.3 Å². The molecule has 0 aliphatic rings. The van der Waals surface area contributed by atoms with Crippen molar-refractivity contribution in [3.05, 3.63) is 107 Å². The molecule has 0 saturated carbocycles. The summed E-state index contributed by atoms with van der Waals surface area (Å²) in [6.45, 7) is 2.36. The van der Waals surface area contributed by atoms with Gasteiger partial charge in [0.2, 0.25) is 0 Å². The molecule has 2 N–H and O–H groups in total. The molecule has 1 aromatic heterocycles. The van der Waals surface area contributed by atoms with Crippen molar-refractivity contribution in [1.29, 1.82) is 0 Å². The Hall–Kier alpha value is -4.01. The topological polar surface area (TPSA) is 89.5 Å². The minimum absolute atomic E-state index is 0.142. The van der Waals surface area contributed by atoms with Gasteiger partial charge in [-0.1, -0.05) is 30.3 Å². The van der Waals surface area contributed by atoms with Gasteiger partial charge in [-0.05, 0) is 73.4 Å². The number of benzene rings is 3. The van der Waals surface area contributed by atoms with Gasteiger partial charge < -0.3 is 14.8 Å². The molecule has 4 aromatic rings. The summed E-state index contributed by atoms with van der Waals surface area (Å²) in [7, 11) is 1.63. The average molecular weight is 516 g/mol. The third-order valence-corrected chi connectivity index (χ3v) is 6.26. The number of amides is 2. The van der Waals surface area contributed by atoms with E-state index in [0.29, 0.717) is 35.0 Å². The number of rotatable bonds is 11. The third kappa shape index (κ3) is 7.73. The van der Waals surface area contributed by atoms with Gasteiger partial charge in [-0.3, -0.25) is 14.9 Å². The Balaban J connectivity index is 1.43. The molecule has 4 rings (SSSR count). The monoisotopic (exact) mass is 515 g/mol. The molecule has 0 radical (unpaired) electrons. The Morgan fingerprint density at radius 1 is 0.892 bits per heavy atom. The number of carbonyl (C=O) groups excluding carboxylic acids is 2. The molecule has 0 unspecified atom stereocenters. The number of thiazole rings is 1. The number of nitrogens with one attached hydrogen (secondary N) is 2. The first-order valence-corrected chi connectivity index (χ1v) is 12.8. The molecule has 0 aliphatic heterocycles. The highest BCUT2D eigenvalue weighted by atomic mass is 32.1. The Bertz CT molecular complexity index is 1310. The lowest BCUT2D eigenvalue weighted by molar-refractivity contribution is 0.0916. The molecule has 8 heteroatoms. The van der Waals surface area contributed by atoms with Gasteiger partial charge in [-0.15, -0.1) is 11.3 Å². The van der Waals surface area contributed by atoms with E-state index < -0.39 is 0 Å². The number of hydrogen-bond acceptors (Lipinski definition) is 6. The van der Waals surface area contributed by atoms with Crippen molar-refractivity contribution in [2.75, 3.05) is 24.4 Å². The van der Waals surface area contributed by atoms with Crippen LogP contribution in [0, 0.1) is 0 Å². The van der Waals surface area contributed by atoms with Crippen LogP contribution in [0.5, 0.6) is 5.75 Å². The SMILES string of the molecule is COC[C@H](C)Oc1cc(CCc2ccc(NC(=O)c3ccccc3)cc2)cc(C(=O)Nc2nccs2)c1. The number of anilines is 2. The molecule has 0 aliphatic carbocycles. The Morgan fingerprint density at radius 2 is 1.62 bits per heavy atom. The minimum atomic E-state index is -0.237. The molecule has 3 aromatic carbocycles. The highest BCUT2D eigenvalue weighted by Crippen LogP contribution is 2.22. The van der Waals surface area contributed by atoms with E-state index in [9.17, 15) is 9.59 Å². The zero-order valence-electron chi connectivity index (χ0n) is 20.8. The van der Waals surface area contributed by atoms with Crippen molar-refractivity contribution in [3.8, 4) is 5.75 Å². The first-order valence-electron chi connectivity index (χ1n) is 12.0. The summed E-state index contributed by atoms with van der Waals surface area (Å²) in [4.78, 5) is 29.4. The molecule has 1 heterocycles. The van der Waals surface area contributed by atoms with Gasteiger partial charge >= 0.3 is 0 Å². The van der Waals surface area contributed by atoms with E-state index in [0.717, 1.165) is 23.2 Å². The molecule has 7 nitrogen and oxygen atoms in total. The summed E-state index contributed by atoms with van der Waals surface area (Å²) >= 11 is 1.37. The molecule has 190 valence electrons. The van der Waals surface area contributed by atoms with Crippen LogP contribution < -0.4 is 15.4 Å². The van der Waals surface area contributed by atoms with Crippen LogP contribution in [-0.2, 0) is 17.6 Å². The number of ether oxygens (including phenoxy) is 2. The van der Waals surface area contributed by atoms with Crippen molar-refractivity contribution in [3.63, 3.8) is 0 Å². The highest BCUT2D eigenvalue weighted by molar-refractivity contribution is 7.13. The van der Waals surface area contributed by atoms with Crippen molar-refractivity contribution in [2.24, 2.45) is 0 Å². The normalized spacial score (nSPS) is 11.5. The zero-order valence-corrected chi connectivity index (χ0v) is 21.6. The number of nitrogens with zero attached hydrogens (tertiary/aromatic N) is 1. The summed E-state index contributed by atoms with van der Waals surface area (Å²) in [5, 5.41) is 8.11. The van der Waals surface area contributed by atoms with E-state index in [1.165, 1.54) is 11.3 Å². The fourth-order valence-corrected chi connectivity index (χ4v) is 4.32. The highest BCUT2D eigenvalue weighted by Gasteiger charge is 2.13. The largest absolute Gasteiger partial charge is 0.488 e. The fourth-order valence-electron chi connectivity index (χ4n) is 3.80. The molecular weight excluding hydrogens is 486 g/mol. The zero-order chi connectivity index (χ0) is 26.0. The van der Waals surface area contributed by atoms with Crippen LogP contribution in [-0.4, -0.2) is 36.6 Å². The molecule has 1 atom stereocenters. The smallest absolute Gasteiger partial charge is 0.257 e. The number of aryl methyl sites for hydroxylation is 2. The van der Waals surface area contributed by atoms with Crippen LogP contribution in [0.4, 0.5) is 10.8 Å². The minimum Gasteiger partial charge on any atom is -0.488 e. The second-order valence-corrected chi connectivity index (χ2v) is 9.45. The Morgan fingerprint density at radius 3 is 2.32 bits per heavy atom. The van der Waals surface area contributed by atoms with Crippen LogP contribution in [0.2, 0.25) is 0 Å². The van der Waals surface area contributed by atoms with Crippen LogP contribution in [0.3, 0.4) is 0 Å². The van der Waals surface area contributed by atoms with E-state index in [1.54, 1.807) is 31.5 Å². The van der Waals surface area contributed by atoms with Crippen LogP contribution in [0.15, 0.2) is 84.4 Å². The summed E-state index contributed by atoms with van der Waals surface area (Å²) in [6, 6.07) is 22.5. The fraction of sp³-hybridized carbons (Fsp3) is 0.207.